The molecule has 3 aromatic rings. The van der Waals surface area contributed by atoms with Crippen molar-refractivity contribution >= 4 is 23.4 Å². The second-order valence-electron chi connectivity index (χ2n) is 8.52. The molecule has 0 bridgehead atoms. The van der Waals surface area contributed by atoms with Gasteiger partial charge in [-0.05, 0) is 70.2 Å². The molecule has 9 heteroatoms. The molecule has 0 fully saturated rings. The summed E-state index contributed by atoms with van der Waals surface area (Å²) in [6.45, 7) is 7.63. The van der Waals surface area contributed by atoms with Crippen molar-refractivity contribution in [3.8, 4) is 11.5 Å². The minimum Gasteiger partial charge on any atom is -0.490 e. The first-order valence-corrected chi connectivity index (χ1v) is 11.0. The van der Waals surface area contributed by atoms with E-state index in [4.69, 9.17) is 14.2 Å². The molecule has 0 unspecified atom stereocenters. The molecule has 184 valence electrons. The number of nitrogens with zero attached hydrogens (tertiary/aromatic N) is 1. The lowest BCUT2D eigenvalue weighted by molar-refractivity contribution is 0.0635. The van der Waals surface area contributed by atoms with Crippen LogP contribution >= 0.6 is 0 Å². The van der Waals surface area contributed by atoms with Crippen LogP contribution in [-0.2, 0) is 11.3 Å². The van der Waals surface area contributed by atoms with Crippen LogP contribution in [0.1, 0.15) is 43.6 Å². The Balaban J connectivity index is 1.77. The van der Waals surface area contributed by atoms with E-state index in [0.717, 1.165) is 11.6 Å². The fourth-order valence-electron chi connectivity index (χ4n) is 3.02. The van der Waals surface area contributed by atoms with Crippen LogP contribution in [0.2, 0.25) is 0 Å². The average molecular weight is 482 g/mol. The summed E-state index contributed by atoms with van der Waals surface area (Å²) in [6, 6.07) is 12.1. The molecule has 0 saturated carbocycles. The van der Waals surface area contributed by atoms with E-state index in [1.165, 1.54) is 18.2 Å². The van der Waals surface area contributed by atoms with E-state index in [0.29, 0.717) is 18.1 Å². The molecule has 2 amide bonds. The van der Waals surface area contributed by atoms with E-state index in [2.05, 4.69) is 15.6 Å². The lowest BCUT2D eigenvalue weighted by Gasteiger charge is -2.20. The molecule has 8 nitrogen and oxygen atoms in total. The average Bonchev–Trinajstić information content (AvgIpc) is 2.79. The molecule has 3 rings (SSSR count). The quantitative estimate of drug-likeness (QED) is 0.422. The van der Waals surface area contributed by atoms with Crippen LogP contribution in [0.5, 0.6) is 11.5 Å². The van der Waals surface area contributed by atoms with Gasteiger partial charge in [-0.2, -0.15) is 0 Å². The minimum absolute atomic E-state index is 0.0794. The Kier molecular flexibility index (Phi) is 8.25. The Morgan fingerprint density at radius 2 is 1.77 bits per heavy atom. The third kappa shape index (κ3) is 7.70. The highest BCUT2D eigenvalue weighted by Crippen LogP contribution is 2.30. The molecule has 1 aromatic heterocycles. The molecule has 0 aliphatic heterocycles. The predicted molar refractivity (Wildman–Crippen MR) is 130 cm³/mol. The molecule has 2 N–H and O–H groups in total. The van der Waals surface area contributed by atoms with Gasteiger partial charge in [-0.1, -0.05) is 6.07 Å². The van der Waals surface area contributed by atoms with Crippen LogP contribution in [0.25, 0.3) is 0 Å². The monoisotopic (exact) mass is 481 g/mol. The predicted octanol–water partition coefficient (Wildman–Crippen LogP) is 5.80. The van der Waals surface area contributed by atoms with Gasteiger partial charge < -0.3 is 19.5 Å². The van der Waals surface area contributed by atoms with E-state index in [-0.39, 0.29) is 23.5 Å². The van der Waals surface area contributed by atoms with Gasteiger partial charge in [0, 0.05) is 23.5 Å². The van der Waals surface area contributed by atoms with Crippen molar-refractivity contribution in [3.63, 3.8) is 0 Å². The summed E-state index contributed by atoms with van der Waals surface area (Å²) in [5, 5.41) is 5.16. The molecule has 0 aliphatic carbocycles. The first-order chi connectivity index (χ1) is 16.6. The molecule has 0 saturated heterocycles. The molecular formula is C26H28FN3O5. The molecule has 0 aliphatic rings. The minimum atomic E-state index is -0.728. The normalized spacial score (nSPS) is 10.9. The van der Waals surface area contributed by atoms with Gasteiger partial charge in [0.1, 0.15) is 18.0 Å². The van der Waals surface area contributed by atoms with Gasteiger partial charge in [0.05, 0.1) is 18.0 Å². The molecule has 2 aromatic carbocycles. The highest BCUT2D eigenvalue weighted by Gasteiger charge is 2.19. The van der Waals surface area contributed by atoms with Crippen LogP contribution < -0.4 is 20.1 Å². The summed E-state index contributed by atoms with van der Waals surface area (Å²) in [5.41, 5.74) is 0.693. The maximum Gasteiger partial charge on any atom is 0.412 e. The lowest BCUT2D eigenvalue weighted by Crippen LogP contribution is -2.27. The SMILES string of the molecule is CCOc1cc(C(=O)Nc2cc(F)ccc2NC(=O)OC(C)(C)C)ccc1OCc1cccnc1. The van der Waals surface area contributed by atoms with Crippen LogP contribution in [0, 0.1) is 5.82 Å². The van der Waals surface area contributed by atoms with Gasteiger partial charge in [-0.15, -0.1) is 0 Å². The highest BCUT2D eigenvalue weighted by molar-refractivity contribution is 6.07. The largest absolute Gasteiger partial charge is 0.490 e. The number of pyridine rings is 1. The van der Waals surface area contributed by atoms with Crippen molar-refractivity contribution in [2.75, 3.05) is 17.2 Å². The first-order valence-electron chi connectivity index (χ1n) is 11.0. The summed E-state index contributed by atoms with van der Waals surface area (Å²) in [6.07, 6.45) is 2.65. The van der Waals surface area contributed by atoms with Gasteiger partial charge in [-0.3, -0.25) is 15.1 Å². The van der Waals surface area contributed by atoms with E-state index < -0.39 is 23.4 Å². The molecule has 35 heavy (non-hydrogen) atoms. The maximum absolute atomic E-state index is 13.9. The summed E-state index contributed by atoms with van der Waals surface area (Å²) in [4.78, 5) is 29.2. The van der Waals surface area contributed by atoms with Gasteiger partial charge in [0.15, 0.2) is 11.5 Å². The molecule has 0 radical (unpaired) electrons. The summed E-state index contributed by atoms with van der Waals surface area (Å²) in [7, 11) is 0. The van der Waals surface area contributed by atoms with Crippen LogP contribution in [0.3, 0.4) is 0 Å². The standard InChI is InChI=1S/C26H28FN3O5/c1-5-33-23-13-18(8-11-22(23)34-16-17-7-6-12-28-15-17)24(31)29-21-14-19(27)9-10-20(21)30-25(32)35-26(2,3)4/h6-15H,5,16H2,1-4H3,(H,29,31)(H,30,32). The van der Waals surface area contributed by atoms with Crippen LogP contribution in [-0.4, -0.2) is 29.2 Å². The van der Waals surface area contributed by atoms with E-state index in [1.54, 1.807) is 45.3 Å². The number of anilines is 2. The lowest BCUT2D eigenvalue weighted by atomic mass is 10.1. The van der Waals surface area contributed by atoms with Crippen molar-refractivity contribution in [2.45, 2.75) is 39.9 Å². The third-order valence-corrected chi connectivity index (χ3v) is 4.49. The number of halogens is 1. The molecular weight excluding hydrogens is 453 g/mol. The van der Waals surface area contributed by atoms with Crippen molar-refractivity contribution < 1.29 is 28.2 Å². The van der Waals surface area contributed by atoms with E-state index >= 15 is 0 Å². The Bertz CT molecular complexity index is 1180. The number of aromatic nitrogens is 1. The zero-order valence-corrected chi connectivity index (χ0v) is 20.1. The molecule has 0 atom stereocenters. The topological polar surface area (TPSA) is 98.8 Å². The summed E-state index contributed by atoms with van der Waals surface area (Å²) < 4.78 is 30.6. The zero-order valence-electron chi connectivity index (χ0n) is 20.1. The zero-order chi connectivity index (χ0) is 25.4. The van der Waals surface area contributed by atoms with Gasteiger partial charge in [-0.25, -0.2) is 9.18 Å². The summed E-state index contributed by atoms with van der Waals surface area (Å²) >= 11 is 0. The molecule has 0 spiro atoms. The Labute approximate surface area is 203 Å². The fraction of sp³-hybridized carbons (Fsp3) is 0.269. The number of carbonyl (C=O) groups excluding carboxylic acids is 2. The van der Waals surface area contributed by atoms with E-state index in [9.17, 15) is 14.0 Å². The number of carbonyl (C=O) groups is 2. The number of rotatable bonds is 8. The van der Waals surface area contributed by atoms with Gasteiger partial charge in [0.25, 0.3) is 5.91 Å². The Morgan fingerprint density at radius 1 is 0.971 bits per heavy atom. The van der Waals surface area contributed by atoms with Gasteiger partial charge >= 0.3 is 6.09 Å². The highest BCUT2D eigenvalue weighted by atomic mass is 19.1. The Hall–Kier alpha value is -4.14. The van der Waals surface area contributed by atoms with Gasteiger partial charge in [0.2, 0.25) is 0 Å². The van der Waals surface area contributed by atoms with E-state index in [1.807, 2.05) is 19.1 Å². The summed E-state index contributed by atoms with van der Waals surface area (Å²) in [5.74, 6) is -0.257. The second-order valence-corrected chi connectivity index (χ2v) is 8.52. The number of amides is 2. The number of hydrogen-bond acceptors (Lipinski definition) is 6. The van der Waals surface area contributed by atoms with Crippen LogP contribution in [0.4, 0.5) is 20.6 Å². The van der Waals surface area contributed by atoms with Crippen molar-refractivity contribution in [1.82, 2.24) is 4.98 Å². The number of hydrogen-bond donors (Lipinski definition) is 2. The Morgan fingerprint density at radius 3 is 2.46 bits per heavy atom. The van der Waals surface area contributed by atoms with Crippen molar-refractivity contribution in [2.24, 2.45) is 0 Å². The molecule has 1 heterocycles. The fourth-order valence-corrected chi connectivity index (χ4v) is 3.02. The second kappa shape index (κ2) is 11.3. The maximum atomic E-state index is 13.9. The smallest absolute Gasteiger partial charge is 0.412 e. The van der Waals surface area contributed by atoms with Crippen molar-refractivity contribution in [3.05, 3.63) is 77.9 Å². The number of nitrogens with one attached hydrogen (secondary N) is 2. The first kappa shape index (κ1) is 25.5. The number of benzene rings is 2. The number of ether oxygens (including phenoxy) is 3. The van der Waals surface area contributed by atoms with Crippen molar-refractivity contribution in [1.29, 1.82) is 0 Å². The third-order valence-electron chi connectivity index (χ3n) is 4.49. The van der Waals surface area contributed by atoms with Crippen LogP contribution in [0.15, 0.2) is 60.9 Å².